The standard InChI is InChI=1S/C9H16N2O2/c12-9(11-5-2-6-11)13-8-3-1-4-10-7-8/h8,10H,1-7H2. The number of likely N-dealkylation sites (tertiary alicyclic amines) is 1. The Hall–Kier alpha value is -0.770. The fraction of sp³-hybridized carbons (Fsp3) is 0.889. The fourth-order valence-corrected chi connectivity index (χ4v) is 1.64. The SMILES string of the molecule is O=C(OC1CCCNC1)N1CCC1. The number of hydrogen-bond acceptors (Lipinski definition) is 3. The lowest BCUT2D eigenvalue weighted by Gasteiger charge is -2.32. The third-order valence-electron chi connectivity index (χ3n) is 2.63. The minimum atomic E-state index is -0.125. The number of nitrogens with one attached hydrogen (secondary N) is 1. The van der Waals surface area contributed by atoms with Gasteiger partial charge in [0.15, 0.2) is 0 Å². The summed E-state index contributed by atoms with van der Waals surface area (Å²) in [7, 11) is 0. The van der Waals surface area contributed by atoms with Gasteiger partial charge in [-0.1, -0.05) is 0 Å². The molecule has 0 radical (unpaired) electrons. The third-order valence-corrected chi connectivity index (χ3v) is 2.63. The van der Waals surface area contributed by atoms with E-state index >= 15 is 0 Å². The lowest BCUT2D eigenvalue weighted by Crippen LogP contribution is -2.46. The molecule has 4 heteroatoms. The van der Waals surface area contributed by atoms with E-state index < -0.39 is 0 Å². The van der Waals surface area contributed by atoms with Crippen LogP contribution in [-0.2, 0) is 4.74 Å². The molecule has 0 saturated carbocycles. The summed E-state index contributed by atoms with van der Waals surface area (Å²) in [6, 6.07) is 0. The largest absolute Gasteiger partial charge is 0.445 e. The molecule has 2 heterocycles. The molecule has 1 unspecified atom stereocenters. The Bertz CT molecular complexity index is 186. The summed E-state index contributed by atoms with van der Waals surface area (Å²) < 4.78 is 5.32. The van der Waals surface area contributed by atoms with Crippen molar-refractivity contribution in [1.82, 2.24) is 10.2 Å². The van der Waals surface area contributed by atoms with Crippen LogP contribution in [0, 0.1) is 0 Å². The number of carbonyl (C=O) groups excluding carboxylic acids is 1. The second-order valence-corrected chi connectivity index (χ2v) is 3.69. The van der Waals surface area contributed by atoms with Crippen LogP contribution in [0.15, 0.2) is 0 Å². The number of amides is 1. The second-order valence-electron chi connectivity index (χ2n) is 3.69. The molecule has 0 spiro atoms. The summed E-state index contributed by atoms with van der Waals surface area (Å²) in [5.74, 6) is 0. The zero-order valence-electron chi connectivity index (χ0n) is 7.79. The average molecular weight is 184 g/mol. The first-order valence-corrected chi connectivity index (χ1v) is 5.02. The molecule has 0 bridgehead atoms. The van der Waals surface area contributed by atoms with Crippen molar-refractivity contribution in [1.29, 1.82) is 0 Å². The highest BCUT2D eigenvalue weighted by molar-refractivity contribution is 5.68. The molecule has 0 aromatic carbocycles. The van der Waals surface area contributed by atoms with Crippen molar-refractivity contribution in [3.8, 4) is 0 Å². The maximum atomic E-state index is 11.4. The van der Waals surface area contributed by atoms with Crippen LogP contribution >= 0.6 is 0 Å². The van der Waals surface area contributed by atoms with Gasteiger partial charge in [0, 0.05) is 19.6 Å². The van der Waals surface area contributed by atoms with Gasteiger partial charge in [-0.3, -0.25) is 0 Å². The van der Waals surface area contributed by atoms with Crippen molar-refractivity contribution in [3.05, 3.63) is 0 Å². The Labute approximate surface area is 78.2 Å². The van der Waals surface area contributed by atoms with E-state index in [2.05, 4.69) is 5.32 Å². The van der Waals surface area contributed by atoms with Gasteiger partial charge in [-0.25, -0.2) is 4.79 Å². The van der Waals surface area contributed by atoms with Crippen LogP contribution < -0.4 is 5.32 Å². The van der Waals surface area contributed by atoms with E-state index in [4.69, 9.17) is 4.74 Å². The number of hydrogen-bond donors (Lipinski definition) is 1. The summed E-state index contributed by atoms with van der Waals surface area (Å²) in [4.78, 5) is 13.1. The molecular formula is C9H16N2O2. The molecule has 2 saturated heterocycles. The van der Waals surface area contributed by atoms with E-state index in [1.165, 1.54) is 0 Å². The lowest BCUT2D eigenvalue weighted by atomic mass is 10.1. The Morgan fingerprint density at radius 2 is 2.23 bits per heavy atom. The molecule has 1 N–H and O–H groups in total. The molecular weight excluding hydrogens is 168 g/mol. The number of carbonyl (C=O) groups is 1. The van der Waals surface area contributed by atoms with E-state index in [0.29, 0.717) is 0 Å². The summed E-state index contributed by atoms with van der Waals surface area (Å²) in [6.07, 6.45) is 3.21. The molecule has 2 aliphatic rings. The van der Waals surface area contributed by atoms with Gasteiger partial charge in [0.1, 0.15) is 6.10 Å². The molecule has 2 fully saturated rings. The van der Waals surface area contributed by atoms with Crippen molar-refractivity contribution in [2.45, 2.75) is 25.4 Å². The van der Waals surface area contributed by atoms with E-state index in [0.717, 1.165) is 45.4 Å². The van der Waals surface area contributed by atoms with Gasteiger partial charge < -0.3 is 15.0 Å². The Morgan fingerprint density at radius 3 is 2.77 bits per heavy atom. The molecule has 1 amide bonds. The number of piperidine rings is 1. The lowest BCUT2D eigenvalue weighted by molar-refractivity contribution is 0.0374. The first-order valence-electron chi connectivity index (χ1n) is 5.02. The molecule has 0 aromatic heterocycles. The maximum absolute atomic E-state index is 11.4. The van der Waals surface area contributed by atoms with Crippen LogP contribution in [0.2, 0.25) is 0 Å². The van der Waals surface area contributed by atoms with Gasteiger partial charge in [0.2, 0.25) is 0 Å². The molecule has 13 heavy (non-hydrogen) atoms. The van der Waals surface area contributed by atoms with Crippen LogP contribution in [0.3, 0.4) is 0 Å². The van der Waals surface area contributed by atoms with Crippen molar-refractivity contribution in [2.75, 3.05) is 26.2 Å². The Morgan fingerprint density at radius 1 is 1.38 bits per heavy atom. The van der Waals surface area contributed by atoms with Gasteiger partial charge >= 0.3 is 6.09 Å². The van der Waals surface area contributed by atoms with Crippen molar-refractivity contribution >= 4 is 6.09 Å². The monoisotopic (exact) mass is 184 g/mol. The number of rotatable bonds is 1. The quantitative estimate of drug-likeness (QED) is 0.648. The van der Waals surface area contributed by atoms with Crippen molar-refractivity contribution in [2.24, 2.45) is 0 Å². The highest BCUT2D eigenvalue weighted by atomic mass is 16.6. The first-order chi connectivity index (χ1) is 6.36. The molecule has 2 aliphatic heterocycles. The summed E-state index contributed by atoms with van der Waals surface area (Å²) in [6.45, 7) is 3.62. The van der Waals surface area contributed by atoms with Gasteiger partial charge in [-0.15, -0.1) is 0 Å². The number of ether oxygens (including phenoxy) is 1. The third kappa shape index (κ3) is 2.12. The molecule has 0 aliphatic carbocycles. The van der Waals surface area contributed by atoms with Gasteiger partial charge in [0.25, 0.3) is 0 Å². The minimum absolute atomic E-state index is 0.0989. The Kier molecular flexibility index (Phi) is 2.68. The van der Waals surface area contributed by atoms with Gasteiger partial charge in [-0.05, 0) is 25.8 Å². The molecule has 74 valence electrons. The summed E-state index contributed by atoms with van der Waals surface area (Å²) in [5, 5.41) is 3.22. The van der Waals surface area contributed by atoms with Gasteiger partial charge in [-0.2, -0.15) is 0 Å². The van der Waals surface area contributed by atoms with Crippen LogP contribution in [-0.4, -0.2) is 43.3 Å². The number of nitrogens with zero attached hydrogens (tertiary/aromatic N) is 1. The first kappa shape index (κ1) is 8.81. The molecule has 2 rings (SSSR count). The second kappa shape index (κ2) is 3.96. The van der Waals surface area contributed by atoms with E-state index in [-0.39, 0.29) is 12.2 Å². The molecule has 4 nitrogen and oxygen atoms in total. The normalized spacial score (nSPS) is 28.0. The Balaban J connectivity index is 1.72. The fourth-order valence-electron chi connectivity index (χ4n) is 1.64. The zero-order chi connectivity index (χ0) is 9.10. The van der Waals surface area contributed by atoms with Crippen molar-refractivity contribution in [3.63, 3.8) is 0 Å². The molecule has 1 atom stereocenters. The maximum Gasteiger partial charge on any atom is 0.410 e. The smallest absolute Gasteiger partial charge is 0.410 e. The van der Waals surface area contributed by atoms with Crippen LogP contribution in [0.4, 0.5) is 4.79 Å². The summed E-state index contributed by atoms with van der Waals surface area (Å²) >= 11 is 0. The van der Waals surface area contributed by atoms with E-state index in [1.54, 1.807) is 4.90 Å². The predicted molar refractivity (Wildman–Crippen MR) is 48.6 cm³/mol. The van der Waals surface area contributed by atoms with Gasteiger partial charge in [0.05, 0.1) is 0 Å². The highest BCUT2D eigenvalue weighted by Gasteiger charge is 2.25. The minimum Gasteiger partial charge on any atom is -0.445 e. The van der Waals surface area contributed by atoms with E-state index in [9.17, 15) is 4.79 Å². The zero-order valence-corrected chi connectivity index (χ0v) is 7.79. The molecule has 0 aromatic rings. The van der Waals surface area contributed by atoms with Crippen LogP contribution in [0.5, 0.6) is 0 Å². The van der Waals surface area contributed by atoms with Crippen LogP contribution in [0.25, 0.3) is 0 Å². The average Bonchev–Trinajstić information content (AvgIpc) is 2.02. The summed E-state index contributed by atoms with van der Waals surface area (Å²) in [5.41, 5.74) is 0. The highest BCUT2D eigenvalue weighted by Crippen LogP contribution is 2.12. The van der Waals surface area contributed by atoms with Crippen LogP contribution in [0.1, 0.15) is 19.3 Å². The topological polar surface area (TPSA) is 41.6 Å². The van der Waals surface area contributed by atoms with E-state index in [1.807, 2.05) is 0 Å². The van der Waals surface area contributed by atoms with Crippen molar-refractivity contribution < 1.29 is 9.53 Å². The predicted octanol–water partition coefficient (Wildman–Crippen LogP) is 0.581.